The van der Waals surface area contributed by atoms with Crippen LogP contribution in [0, 0.1) is 0 Å². The van der Waals surface area contributed by atoms with Crippen LogP contribution in [0.4, 0.5) is 0 Å². The van der Waals surface area contributed by atoms with Gasteiger partial charge >= 0.3 is 0 Å². The molecule has 1 aromatic carbocycles. The largest absolute Gasteiger partial charge is 0.483 e. The maximum atomic E-state index is 12.0. The molecule has 0 atom stereocenters. The van der Waals surface area contributed by atoms with E-state index in [1.54, 1.807) is 0 Å². The van der Waals surface area contributed by atoms with Gasteiger partial charge in [-0.2, -0.15) is 0 Å². The van der Waals surface area contributed by atoms with Crippen LogP contribution in [0.1, 0.15) is 32.8 Å². The second-order valence-corrected chi connectivity index (χ2v) is 7.88. The second-order valence-electron chi connectivity index (χ2n) is 7.88. The molecule has 1 aromatic rings. The Morgan fingerprint density at radius 3 is 2.52 bits per heavy atom. The highest BCUT2D eigenvalue weighted by molar-refractivity contribution is 5.77. The van der Waals surface area contributed by atoms with E-state index in [-0.39, 0.29) is 17.9 Å². The number of amides is 1. The first-order valence-electron chi connectivity index (χ1n) is 9.26. The molecule has 1 amide bonds. The van der Waals surface area contributed by atoms with Gasteiger partial charge in [-0.05, 0) is 37.1 Å². The average Bonchev–Trinajstić information content (AvgIpc) is 2.58. The number of nitrogens with one attached hydrogen (secondary N) is 1. The van der Waals surface area contributed by atoms with Crippen molar-refractivity contribution in [3.63, 3.8) is 0 Å². The van der Waals surface area contributed by atoms with Gasteiger partial charge in [0.05, 0.1) is 0 Å². The van der Waals surface area contributed by atoms with Gasteiger partial charge in [0.2, 0.25) is 0 Å². The fourth-order valence-electron chi connectivity index (χ4n) is 3.01. The maximum Gasteiger partial charge on any atom is 0.257 e. The highest BCUT2D eigenvalue weighted by atomic mass is 16.5. The molecule has 0 unspecified atom stereocenters. The fourth-order valence-corrected chi connectivity index (χ4v) is 3.01. The monoisotopic (exact) mass is 347 g/mol. The number of hydrogen-bond acceptors (Lipinski definition) is 4. The van der Waals surface area contributed by atoms with Crippen LogP contribution in [0.15, 0.2) is 24.3 Å². The summed E-state index contributed by atoms with van der Waals surface area (Å²) in [5.74, 6) is 0.740. The molecule has 25 heavy (non-hydrogen) atoms. The number of carbonyl (C=O) groups excluding carboxylic acids is 1. The lowest BCUT2D eigenvalue weighted by Gasteiger charge is -2.32. The quantitative estimate of drug-likeness (QED) is 0.768. The molecule has 0 radical (unpaired) electrons. The third-order valence-electron chi connectivity index (χ3n) is 4.62. The van der Waals surface area contributed by atoms with E-state index >= 15 is 0 Å². The molecule has 5 nitrogen and oxygen atoms in total. The Kier molecular flexibility index (Phi) is 7.26. The van der Waals surface area contributed by atoms with Crippen molar-refractivity contribution in [2.75, 3.05) is 52.9 Å². The smallest absolute Gasteiger partial charge is 0.257 e. The predicted octanol–water partition coefficient (Wildman–Crippen LogP) is 2.12. The molecule has 1 fully saturated rings. The minimum atomic E-state index is -0.0536. The zero-order valence-electron chi connectivity index (χ0n) is 16.2. The van der Waals surface area contributed by atoms with Gasteiger partial charge in [0.25, 0.3) is 5.91 Å². The average molecular weight is 348 g/mol. The first-order valence-corrected chi connectivity index (χ1v) is 9.26. The third kappa shape index (κ3) is 6.67. The summed E-state index contributed by atoms with van der Waals surface area (Å²) in [5.41, 5.74) is 1.12. The van der Waals surface area contributed by atoms with E-state index in [4.69, 9.17) is 4.74 Å². The van der Waals surface area contributed by atoms with Gasteiger partial charge in [-0.25, -0.2) is 0 Å². The number of hydrogen-bond donors (Lipinski definition) is 1. The number of rotatable bonds is 7. The summed E-state index contributed by atoms with van der Waals surface area (Å²) in [6.45, 7) is 12.8. The molecule has 1 aliphatic heterocycles. The topological polar surface area (TPSA) is 44.8 Å². The van der Waals surface area contributed by atoms with E-state index in [0.717, 1.165) is 50.5 Å². The molecular weight excluding hydrogens is 314 g/mol. The molecule has 0 aliphatic carbocycles. The summed E-state index contributed by atoms with van der Waals surface area (Å²) in [6, 6.07) is 7.94. The number of para-hydroxylation sites is 1. The van der Waals surface area contributed by atoms with Gasteiger partial charge in [0.1, 0.15) is 5.75 Å². The number of ether oxygens (including phenoxy) is 1. The van der Waals surface area contributed by atoms with Crippen LogP contribution in [0.5, 0.6) is 5.75 Å². The standard InChI is InChI=1S/C20H33N3O2/c1-20(2,3)17-8-5-6-9-18(17)25-16-19(24)21-10-7-11-23-14-12-22(4)13-15-23/h5-6,8-9H,7,10-16H2,1-4H3,(H,21,24). The number of benzene rings is 1. The summed E-state index contributed by atoms with van der Waals surface area (Å²) in [7, 11) is 2.16. The van der Waals surface area contributed by atoms with Crippen LogP contribution in [0.3, 0.4) is 0 Å². The predicted molar refractivity (Wildman–Crippen MR) is 102 cm³/mol. The van der Waals surface area contributed by atoms with E-state index in [0.29, 0.717) is 6.54 Å². The van der Waals surface area contributed by atoms with Crippen molar-refractivity contribution in [2.24, 2.45) is 0 Å². The zero-order valence-corrected chi connectivity index (χ0v) is 16.2. The Bertz CT molecular complexity index is 546. The minimum absolute atomic E-state index is 0.00438. The first kappa shape index (κ1) is 19.7. The maximum absolute atomic E-state index is 12.0. The van der Waals surface area contributed by atoms with Crippen molar-refractivity contribution in [3.05, 3.63) is 29.8 Å². The first-order chi connectivity index (χ1) is 11.9. The normalized spacial score (nSPS) is 16.6. The van der Waals surface area contributed by atoms with Crippen LogP contribution >= 0.6 is 0 Å². The molecule has 1 heterocycles. The molecule has 1 saturated heterocycles. The number of carbonyl (C=O) groups is 1. The van der Waals surface area contributed by atoms with Crippen molar-refractivity contribution in [2.45, 2.75) is 32.6 Å². The summed E-state index contributed by atoms with van der Waals surface area (Å²) in [5, 5.41) is 2.96. The third-order valence-corrected chi connectivity index (χ3v) is 4.62. The van der Waals surface area contributed by atoms with Crippen LogP contribution in [0.2, 0.25) is 0 Å². The second kappa shape index (κ2) is 9.20. The Morgan fingerprint density at radius 1 is 1.16 bits per heavy atom. The summed E-state index contributed by atoms with van der Waals surface area (Å²) in [4.78, 5) is 16.8. The van der Waals surface area contributed by atoms with Gasteiger partial charge in [-0.15, -0.1) is 0 Å². The Labute approximate surface area is 152 Å². The lowest BCUT2D eigenvalue weighted by Crippen LogP contribution is -2.45. The van der Waals surface area contributed by atoms with Gasteiger partial charge < -0.3 is 19.9 Å². The van der Waals surface area contributed by atoms with Gasteiger partial charge in [0.15, 0.2) is 6.61 Å². The van der Waals surface area contributed by atoms with Crippen molar-refractivity contribution in [3.8, 4) is 5.75 Å². The lowest BCUT2D eigenvalue weighted by atomic mass is 9.86. The van der Waals surface area contributed by atoms with Gasteiger partial charge in [-0.3, -0.25) is 4.79 Å². The Morgan fingerprint density at radius 2 is 1.84 bits per heavy atom. The van der Waals surface area contributed by atoms with Crippen LogP contribution in [-0.2, 0) is 10.2 Å². The van der Waals surface area contributed by atoms with E-state index in [2.05, 4.69) is 49.0 Å². The summed E-state index contributed by atoms with van der Waals surface area (Å²) >= 11 is 0. The SMILES string of the molecule is CN1CCN(CCCNC(=O)COc2ccccc2C(C)(C)C)CC1. The molecule has 0 saturated carbocycles. The van der Waals surface area contributed by atoms with Crippen LogP contribution in [-0.4, -0.2) is 68.6 Å². The summed E-state index contributed by atoms with van der Waals surface area (Å²) < 4.78 is 5.76. The van der Waals surface area contributed by atoms with Crippen molar-refractivity contribution in [1.29, 1.82) is 0 Å². The van der Waals surface area contributed by atoms with Crippen molar-refractivity contribution in [1.82, 2.24) is 15.1 Å². The molecule has 140 valence electrons. The fraction of sp³-hybridized carbons (Fsp3) is 0.650. The van der Waals surface area contributed by atoms with E-state index in [1.165, 1.54) is 0 Å². The highest BCUT2D eigenvalue weighted by Crippen LogP contribution is 2.30. The van der Waals surface area contributed by atoms with Crippen LogP contribution < -0.4 is 10.1 Å². The Balaban J connectivity index is 1.66. The minimum Gasteiger partial charge on any atom is -0.483 e. The zero-order chi connectivity index (χ0) is 18.3. The molecule has 5 heteroatoms. The van der Waals surface area contributed by atoms with E-state index in [9.17, 15) is 4.79 Å². The molecule has 0 spiro atoms. The van der Waals surface area contributed by atoms with Gasteiger partial charge in [-0.1, -0.05) is 39.0 Å². The van der Waals surface area contributed by atoms with Gasteiger partial charge in [0, 0.05) is 32.7 Å². The Hall–Kier alpha value is -1.59. The number of piperazine rings is 1. The van der Waals surface area contributed by atoms with Crippen molar-refractivity contribution >= 4 is 5.91 Å². The molecule has 2 rings (SSSR count). The molecule has 1 aliphatic rings. The van der Waals surface area contributed by atoms with Crippen LogP contribution in [0.25, 0.3) is 0 Å². The highest BCUT2D eigenvalue weighted by Gasteiger charge is 2.19. The summed E-state index contributed by atoms with van der Waals surface area (Å²) in [6.07, 6.45) is 0.980. The molecular formula is C20H33N3O2. The lowest BCUT2D eigenvalue weighted by molar-refractivity contribution is -0.123. The van der Waals surface area contributed by atoms with E-state index < -0.39 is 0 Å². The van der Waals surface area contributed by atoms with E-state index in [1.807, 2.05) is 18.2 Å². The number of nitrogens with zero attached hydrogens (tertiary/aromatic N) is 2. The molecule has 0 aromatic heterocycles. The van der Waals surface area contributed by atoms with Crippen molar-refractivity contribution < 1.29 is 9.53 Å². The molecule has 0 bridgehead atoms. The number of likely N-dealkylation sites (N-methyl/N-ethyl adjacent to an activating group) is 1. The molecule has 1 N–H and O–H groups in total.